The van der Waals surface area contributed by atoms with Gasteiger partial charge in [0, 0.05) is 37.9 Å². The third-order valence-corrected chi connectivity index (χ3v) is 7.63. The highest BCUT2D eigenvalue weighted by Crippen LogP contribution is 2.35. The Morgan fingerprint density at radius 2 is 1.59 bits per heavy atom. The number of carbonyl (C=O) groups excluding carboxylic acids is 4. The first-order valence-corrected chi connectivity index (χ1v) is 17.3. The predicted molar refractivity (Wildman–Crippen MR) is 208 cm³/mol. The summed E-state index contributed by atoms with van der Waals surface area (Å²) in [5.74, 6) is -0.334. The number of ether oxygens (including phenoxy) is 2. The Hall–Kier alpha value is -6.98. The topological polar surface area (TPSA) is 215 Å². The number of para-hydroxylation sites is 1. The molecule has 0 bridgehead atoms. The number of amides is 4. The molecule has 18 nitrogen and oxygen atoms in total. The molecule has 56 heavy (non-hydrogen) atoms. The molecular weight excluding hydrogens is 728 g/mol. The highest BCUT2D eigenvalue weighted by molar-refractivity contribution is 5.90. The van der Waals surface area contributed by atoms with Gasteiger partial charge in [-0.1, -0.05) is 18.2 Å². The number of hydrogen-bond acceptors (Lipinski definition) is 13. The maximum absolute atomic E-state index is 13.7. The second kappa shape index (κ2) is 18.4. The Balaban J connectivity index is 1.51. The fourth-order valence-corrected chi connectivity index (χ4v) is 4.92. The monoisotopic (exact) mass is 774 g/mol. The average Bonchev–Trinajstić information content (AvgIpc) is 3.15. The molecule has 1 aromatic heterocycles. The van der Waals surface area contributed by atoms with E-state index in [1.165, 1.54) is 56.6 Å². The van der Waals surface area contributed by atoms with Gasteiger partial charge >= 0.3 is 18.3 Å². The number of methoxy groups -OCH3 is 1. The molecule has 3 aromatic carbocycles. The lowest BCUT2D eigenvalue weighted by atomic mass is 10.1. The van der Waals surface area contributed by atoms with E-state index in [1.807, 2.05) is 13.8 Å². The second-order valence-electron chi connectivity index (χ2n) is 13.5. The minimum Gasteiger partial charge on any atom is -0.505 e. The quantitative estimate of drug-likeness (QED) is 0.0854. The molecule has 4 rings (SSSR count). The lowest BCUT2D eigenvalue weighted by molar-refractivity contribution is -0.121. The molecule has 5 N–H and O–H groups in total. The molecule has 0 atom stereocenters. The van der Waals surface area contributed by atoms with Crippen LogP contribution in [0.4, 0.5) is 37.3 Å². The maximum Gasteiger partial charge on any atom is 0.441 e. The van der Waals surface area contributed by atoms with Crippen LogP contribution in [0.1, 0.15) is 40.2 Å². The van der Waals surface area contributed by atoms with Gasteiger partial charge < -0.3 is 30.5 Å². The number of anilines is 4. The van der Waals surface area contributed by atoms with Crippen LogP contribution in [0.5, 0.6) is 11.5 Å². The van der Waals surface area contributed by atoms with Gasteiger partial charge in [-0.3, -0.25) is 34.0 Å². The van der Waals surface area contributed by atoms with E-state index in [4.69, 9.17) is 19.1 Å². The van der Waals surface area contributed by atoms with Gasteiger partial charge in [0.2, 0.25) is 5.91 Å². The fraction of sp³-hybridized carbons (Fsp3) is 0.316. The highest BCUT2D eigenvalue weighted by atomic mass is 17.0. The number of rotatable bonds is 13. The predicted octanol–water partition coefficient (Wildman–Crippen LogP) is 5.37. The molecule has 4 amide bonds. The number of nitrogens with zero attached hydrogens (tertiary/aromatic N) is 4. The van der Waals surface area contributed by atoms with Gasteiger partial charge in [0.05, 0.1) is 24.7 Å². The summed E-state index contributed by atoms with van der Waals surface area (Å²) in [7, 11) is 4.33. The number of hydrogen-bond donors (Lipinski definition) is 5. The van der Waals surface area contributed by atoms with E-state index in [0.29, 0.717) is 22.2 Å². The third kappa shape index (κ3) is 11.3. The van der Waals surface area contributed by atoms with Gasteiger partial charge in [0.1, 0.15) is 29.3 Å². The minimum absolute atomic E-state index is 0.00548. The van der Waals surface area contributed by atoms with E-state index >= 15 is 0 Å². The summed E-state index contributed by atoms with van der Waals surface area (Å²) in [4.78, 5) is 80.6. The number of nitrogens with one attached hydrogen (secondary N) is 4. The molecule has 0 spiro atoms. The lowest BCUT2D eigenvalue weighted by Gasteiger charge is -2.24. The summed E-state index contributed by atoms with van der Waals surface area (Å²) in [6.45, 7) is 8.29. The number of phenolic OH excluding ortho intramolecular Hbond substituents is 1. The molecule has 0 aliphatic carbocycles. The molecule has 0 fully saturated rings. The molecule has 18 heteroatoms. The van der Waals surface area contributed by atoms with Crippen LogP contribution in [0.3, 0.4) is 0 Å². The first-order valence-electron chi connectivity index (χ1n) is 17.3. The van der Waals surface area contributed by atoms with E-state index in [2.05, 4.69) is 26.3 Å². The van der Waals surface area contributed by atoms with Crippen molar-refractivity contribution in [1.82, 2.24) is 20.2 Å². The molecule has 0 radical (unpaired) electrons. The Labute approximate surface area is 323 Å². The number of aromatic nitrogens is 2. The van der Waals surface area contributed by atoms with Crippen molar-refractivity contribution in [3.05, 3.63) is 88.8 Å². The third-order valence-electron chi connectivity index (χ3n) is 7.63. The Kier molecular flexibility index (Phi) is 13.7. The summed E-state index contributed by atoms with van der Waals surface area (Å²) >= 11 is 0. The van der Waals surface area contributed by atoms with Crippen molar-refractivity contribution >= 4 is 47.1 Å². The number of aromatic hydroxyl groups is 1. The molecule has 298 valence electrons. The van der Waals surface area contributed by atoms with Crippen LogP contribution >= 0.6 is 0 Å². The first kappa shape index (κ1) is 41.8. The average molecular weight is 775 g/mol. The Morgan fingerprint density at radius 3 is 2.20 bits per heavy atom. The van der Waals surface area contributed by atoms with Gasteiger partial charge in [0.15, 0.2) is 5.82 Å². The lowest BCUT2D eigenvalue weighted by Crippen LogP contribution is -2.38. The maximum atomic E-state index is 13.7. The Morgan fingerprint density at radius 1 is 0.929 bits per heavy atom. The van der Waals surface area contributed by atoms with Gasteiger partial charge in [-0.05, 0) is 93.9 Å². The van der Waals surface area contributed by atoms with Crippen molar-refractivity contribution in [3.8, 4) is 22.8 Å². The van der Waals surface area contributed by atoms with Crippen molar-refractivity contribution < 1.29 is 43.4 Å². The zero-order chi connectivity index (χ0) is 41.2. The summed E-state index contributed by atoms with van der Waals surface area (Å²) in [5, 5.41) is 22.4. The van der Waals surface area contributed by atoms with E-state index in [1.54, 1.807) is 63.2 Å². The van der Waals surface area contributed by atoms with Gasteiger partial charge in [-0.15, -0.1) is 0 Å². The molecule has 0 saturated heterocycles. The van der Waals surface area contributed by atoms with Gasteiger partial charge in [0.25, 0.3) is 5.56 Å². The fourth-order valence-electron chi connectivity index (χ4n) is 4.92. The summed E-state index contributed by atoms with van der Waals surface area (Å²) in [6, 6.07) is 17.2. The van der Waals surface area contributed by atoms with E-state index in [9.17, 15) is 29.1 Å². The zero-order valence-electron chi connectivity index (χ0n) is 32.3. The van der Waals surface area contributed by atoms with Crippen LogP contribution in [-0.2, 0) is 32.3 Å². The number of carbonyl (C=O) groups is 4. The smallest absolute Gasteiger partial charge is 0.441 e. The van der Waals surface area contributed by atoms with Crippen LogP contribution in [0.2, 0.25) is 0 Å². The van der Waals surface area contributed by atoms with Gasteiger partial charge in [-0.25, -0.2) is 19.4 Å². The first-order chi connectivity index (χ1) is 26.5. The molecule has 0 saturated carbocycles. The van der Waals surface area contributed by atoms with Crippen LogP contribution in [0.15, 0.2) is 77.7 Å². The molecular formula is C38H46N8O10. The highest BCUT2D eigenvalue weighted by Gasteiger charge is 2.24. The summed E-state index contributed by atoms with van der Waals surface area (Å²) in [6.07, 6.45) is -1.22. The molecule has 0 unspecified atom stereocenters. The van der Waals surface area contributed by atoms with E-state index in [0.717, 1.165) is 4.57 Å². The SMILES string of the molecule is CNC(=O)ON(OC(=O)N(C)c1ccc(OC)cc1)c1ccc(CNC(=O)Cn2c(-c3cccc(NC(=O)OC(C)(C)C)c3O)cnc(NC(C)C)c2=O)cc1. The Bertz CT molecular complexity index is 2080. The van der Waals surface area contributed by atoms with Crippen molar-refractivity contribution in [1.29, 1.82) is 0 Å². The normalized spacial score (nSPS) is 10.9. The minimum atomic E-state index is -0.905. The van der Waals surface area contributed by atoms with Crippen molar-refractivity contribution in [3.63, 3.8) is 0 Å². The van der Waals surface area contributed by atoms with E-state index < -0.39 is 41.9 Å². The van der Waals surface area contributed by atoms with Crippen LogP contribution in [0, 0.1) is 0 Å². The second-order valence-corrected chi connectivity index (χ2v) is 13.5. The van der Waals surface area contributed by atoms with E-state index in [-0.39, 0.29) is 46.8 Å². The van der Waals surface area contributed by atoms with Crippen molar-refractivity contribution in [2.45, 2.75) is 59.4 Å². The van der Waals surface area contributed by atoms with Crippen LogP contribution < -0.4 is 41.7 Å². The molecule has 0 aliphatic heterocycles. The molecule has 0 aliphatic rings. The summed E-state index contributed by atoms with van der Waals surface area (Å²) < 4.78 is 11.6. The largest absolute Gasteiger partial charge is 0.505 e. The van der Waals surface area contributed by atoms with Crippen LogP contribution in [0.25, 0.3) is 11.3 Å². The number of benzene rings is 3. The van der Waals surface area contributed by atoms with Crippen molar-refractivity contribution in [2.75, 3.05) is 42.0 Å². The zero-order valence-corrected chi connectivity index (χ0v) is 32.3. The standard InChI is InChI=1S/C38H46N8O10/c1-23(2)42-33-34(49)45(30(21-41-33)28-10-9-11-29(32(28)48)43-36(51)54-38(3,4)5)22-31(47)40-20-24-12-14-26(15-13-24)46(55-35(50)39-6)56-37(52)44(7)25-16-18-27(53-8)19-17-25/h9-19,21,23,48H,20,22H2,1-8H3,(H,39,50)(H,40,47)(H,41,42)(H,43,51). The van der Waals surface area contributed by atoms with Crippen molar-refractivity contribution in [2.24, 2.45) is 0 Å². The summed E-state index contributed by atoms with van der Waals surface area (Å²) in [5.41, 5.74) is 0.0991. The molecule has 4 aromatic rings. The van der Waals surface area contributed by atoms with Gasteiger partial charge in [-0.2, -0.15) is 0 Å². The van der Waals surface area contributed by atoms with Crippen LogP contribution in [-0.4, -0.2) is 71.7 Å². The molecule has 1 heterocycles. The number of phenols is 1.